The van der Waals surface area contributed by atoms with Crippen molar-refractivity contribution in [3.8, 4) is 0 Å². The van der Waals surface area contributed by atoms with E-state index in [2.05, 4.69) is 15.3 Å². The Balaban J connectivity index is 2.23. The van der Waals surface area contributed by atoms with Gasteiger partial charge in [0, 0.05) is 12.4 Å². The first-order chi connectivity index (χ1) is 6.77. The second kappa shape index (κ2) is 3.98. The quantitative estimate of drug-likeness (QED) is 0.830. The molecule has 0 fully saturated rings. The van der Waals surface area contributed by atoms with E-state index in [9.17, 15) is 0 Å². The van der Waals surface area contributed by atoms with Crippen molar-refractivity contribution >= 4 is 41.3 Å². The molecule has 1 N–H and O–H groups in total. The summed E-state index contributed by atoms with van der Waals surface area (Å²) in [5.41, 5.74) is 0.664. The first kappa shape index (κ1) is 9.49. The van der Waals surface area contributed by atoms with Crippen molar-refractivity contribution in [1.82, 2.24) is 0 Å². The Hall–Kier alpha value is -1.06. The van der Waals surface area contributed by atoms with Crippen LogP contribution in [0.1, 0.15) is 0 Å². The van der Waals surface area contributed by atoms with Crippen LogP contribution in [0.15, 0.2) is 28.2 Å². The number of rotatable bonds is 2. The van der Waals surface area contributed by atoms with Crippen molar-refractivity contribution < 1.29 is 0 Å². The van der Waals surface area contributed by atoms with Gasteiger partial charge in [0.15, 0.2) is 0 Å². The maximum atomic E-state index is 5.96. The highest BCUT2D eigenvalue weighted by molar-refractivity contribution is 6.39. The minimum absolute atomic E-state index is 0.313. The topological polar surface area (TPSA) is 36.8 Å². The molecule has 0 bridgehead atoms. The van der Waals surface area contributed by atoms with Gasteiger partial charge in [-0.25, -0.2) is 9.98 Å². The molecule has 0 saturated heterocycles. The van der Waals surface area contributed by atoms with Gasteiger partial charge in [-0.1, -0.05) is 29.3 Å². The molecule has 5 heteroatoms. The molecule has 0 aliphatic carbocycles. The zero-order chi connectivity index (χ0) is 9.97. The van der Waals surface area contributed by atoms with Crippen molar-refractivity contribution in [3.05, 3.63) is 28.2 Å². The molecular weight excluding hydrogens is 221 g/mol. The fraction of sp³-hybridized carbons (Fsp3) is 0.111. The van der Waals surface area contributed by atoms with Crippen LogP contribution in [0.25, 0.3) is 0 Å². The lowest BCUT2D eigenvalue weighted by Crippen LogP contribution is -2.12. The predicted molar refractivity (Wildman–Crippen MR) is 60.9 cm³/mol. The summed E-state index contributed by atoms with van der Waals surface area (Å²) in [6, 6.07) is 5.31. The number of hydrogen-bond donors (Lipinski definition) is 1. The number of anilines is 1. The van der Waals surface area contributed by atoms with Gasteiger partial charge in [-0.15, -0.1) is 0 Å². The highest BCUT2D eigenvalue weighted by Crippen LogP contribution is 2.30. The first-order valence-corrected chi connectivity index (χ1v) is 4.78. The van der Waals surface area contributed by atoms with Crippen LogP contribution in [0.5, 0.6) is 0 Å². The van der Waals surface area contributed by atoms with Crippen molar-refractivity contribution in [2.45, 2.75) is 6.29 Å². The Labute approximate surface area is 91.5 Å². The highest BCUT2D eigenvalue weighted by Gasteiger charge is 2.10. The Morgan fingerprint density at radius 3 is 2.21 bits per heavy atom. The van der Waals surface area contributed by atoms with Crippen LogP contribution < -0.4 is 5.32 Å². The Kier molecular flexibility index (Phi) is 2.70. The van der Waals surface area contributed by atoms with E-state index in [1.807, 2.05) is 0 Å². The van der Waals surface area contributed by atoms with Crippen LogP contribution in [-0.2, 0) is 0 Å². The summed E-state index contributed by atoms with van der Waals surface area (Å²) in [4.78, 5) is 8.08. The summed E-state index contributed by atoms with van der Waals surface area (Å²) in [6.45, 7) is 0. The van der Waals surface area contributed by atoms with E-state index in [4.69, 9.17) is 23.2 Å². The fourth-order valence-electron chi connectivity index (χ4n) is 1.12. The largest absolute Gasteiger partial charge is 0.343 e. The Morgan fingerprint density at radius 2 is 1.64 bits per heavy atom. The van der Waals surface area contributed by atoms with Crippen LogP contribution in [0.2, 0.25) is 10.0 Å². The second-order valence-electron chi connectivity index (χ2n) is 2.71. The average Bonchev–Trinajstić information content (AvgIpc) is 2.64. The van der Waals surface area contributed by atoms with Crippen molar-refractivity contribution in [2.75, 3.05) is 5.32 Å². The molecule has 1 aromatic rings. The molecule has 0 spiro atoms. The normalized spacial score (nSPS) is 15.0. The number of halogens is 2. The Morgan fingerprint density at radius 1 is 1.07 bits per heavy atom. The molecule has 0 saturated carbocycles. The summed E-state index contributed by atoms with van der Waals surface area (Å²) in [5, 5.41) is 4.15. The summed E-state index contributed by atoms with van der Waals surface area (Å²) >= 11 is 11.9. The molecule has 2 rings (SSSR count). The summed E-state index contributed by atoms with van der Waals surface area (Å²) < 4.78 is 0. The molecule has 0 amide bonds. The molecule has 1 heterocycles. The summed E-state index contributed by atoms with van der Waals surface area (Å²) in [6.07, 6.45) is 2.94. The van der Waals surface area contributed by atoms with Gasteiger partial charge in [-0.2, -0.15) is 0 Å². The van der Waals surface area contributed by atoms with E-state index >= 15 is 0 Å². The van der Waals surface area contributed by atoms with E-state index in [1.54, 1.807) is 30.6 Å². The number of hydrogen-bond acceptors (Lipinski definition) is 3. The second-order valence-corrected chi connectivity index (χ2v) is 3.53. The van der Waals surface area contributed by atoms with Crippen LogP contribution in [0, 0.1) is 0 Å². The third-order valence-electron chi connectivity index (χ3n) is 1.76. The van der Waals surface area contributed by atoms with Crippen LogP contribution in [-0.4, -0.2) is 18.7 Å². The number of nitrogens with zero attached hydrogens (tertiary/aromatic N) is 2. The van der Waals surface area contributed by atoms with E-state index < -0.39 is 0 Å². The van der Waals surface area contributed by atoms with Crippen LogP contribution in [0.3, 0.4) is 0 Å². The van der Waals surface area contributed by atoms with E-state index in [0.717, 1.165) is 0 Å². The van der Waals surface area contributed by atoms with E-state index in [0.29, 0.717) is 15.7 Å². The van der Waals surface area contributed by atoms with Gasteiger partial charge < -0.3 is 5.32 Å². The molecule has 0 atom stereocenters. The van der Waals surface area contributed by atoms with Gasteiger partial charge in [0.2, 0.25) is 6.29 Å². The highest BCUT2D eigenvalue weighted by atomic mass is 35.5. The molecular formula is C9H7Cl2N3. The number of nitrogens with one attached hydrogen (secondary N) is 1. The molecule has 0 unspecified atom stereocenters. The van der Waals surface area contributed by atoms with Gasteiger partial charge in [0.25, 0.3) is 0 Å². The van der Waals surface area contributed by atoms with Gasteiger partial charge in [-0.3, -0.25) is 0 Å². The number of aliphatic imine (C=N–C) groups is 2. The fourth-order valence-corrected chi connectivity index (χ4v) is 1.62. The molecule has 0 aromatic heterocycles. The van der Waals surface area contributed by atoms with Crippen LogP contribution in [0.4, 0.5) is 5.69 Å². The zero-order valence-corrected chi connectivity index (χ0v) is 8.63. The van der Waals surface area contributed by atoms with Crippen LogP contribution >= 0.6 is 23.2 Å². The molecule has 72 valence electrons. The third-order valence-corrected chi connectivity index (χ3v) is 2.39. The smallest absolute Gasteiger partial charge is 0.214 e. The predicted octanol–water partition coefficient (Wildman–Crippen LogP) is 2.84. The standard InChI is InChI=1S/C9H7Cl2N3/c10-6-2-1-3-7(11)8(6)14-9-12-4-5-13-9/h1-5,9,14H. The Bertz CT molecular complexity index is 369. The monoisotopic (exact) mass is 227 g/mol. The van der Waals surface area contributed by atoms with E-state index in [1.165, 1.54) is 0 Å². The lowest BCUT2D eigenvalue weighted by molar-refractivity contribution is 0.836. The van der Waals surface area contributed by atoms with E-state index in [-0.39, 0.29) is 6.29 Å². The minimum atomic E-state index is -0.313. The van der Waals surface area contributed by atoms with Crippen molar-refractivity contribution in [3.63, 3.8) is 0 Å². The average molecular weight is 228 g/mol. The van der Waals surface area contributed by atoms with Gasteiger partial charge in [0.1, 0.15) is 0 Å². The lowest BCUT2D eigenvalue weighted by atomic mass is 10.3. The summed E-state index contributed by atoms with van der Waals surface area (Å²) in [5.74, 6) is 0. The number of benzene rings is 1. The molecule has 14 heavy (non-hydrogen) atoms. The molecule has 0 radical (unpaired) electrons. The molecule has 1 aliphatic heterocycles. The molecule has 1 aromatic carbocycles. The molecule has 3 nitrogen and oxygen atoms in total. The summed E-state index contributed by atoms with van der Waals surface area (Å²) in [7, 11) is 0. The first-order valence-electron chi connectivity index (χ1n) is 4.03. The lowest BCUT2D eigenvalue weighted by Gasteiger charge is -2.11. The van der Waals surface area contributed by atoms with Crippen molar-refractivity contribution in [2.24, 2.45) is 9.98 Å². The maximum Gasteiger partial charge on any atom is 0.214 e. The van der Waals surface area contributed by atoms with Gasteiger partial charge >= 0.3 is 0 Å². The SMILES string of the molecule is Clc1cccc(Cl)c1NC1N=CC=N1. The third kappa shape index (κ3) is 1.89. The minimum Gasteiger partial charge on any atom is -0.343 e. The van der Waals surface area contributed by atoms with Gasteiger partial charge in [-0.05, 0) is 12.1 Å². The number of para-hydroxylation sites is 1. The molecule has 1 aliphatic rings. The van der Waals surface area contributed by atoms with Crippen molar-refractivity contribution in [1.29, 1.82) is 0 Å². The van der Waals surface area contributed by atoms with Gasteiger partial charge in [0.05, 0.1) is 15.7 Å². The zero-order valence-electron chi connectivity index (χ0n) is 7.11. The maximum absolute atomic E-state index is 5.96.